The predicted octanol–water partition coefficient (Wildman–Crippen LogP) is 3.26. The minimum atomic E-state index is -0.948. The maximum Gasteiger partial charge on any atom is 0.408 e. The molecular weight excluding hydrogens is 369 g/mol. The maximum atomic E-state index is 11.8. The molecule has 9 heteroatoms. The number of hydrogen-bond donors (Lipinski definition) is 2. The number of oxime groups is 1. The topological polar surface area (TPSA) is 103 Å². The van der Waals surface area contributed by atoms with Crippen molar-refractivity contribution in [2.75, 3.05) is 0 Å². The Hall–Kier alpha value is -1.99. The average Bonchev–Trinajstić information content (AvgIpc) is 2.46. The van der Waals surface area contributed by atoms with Gasteiger partial charge in [0.25, 0.3) is 0 Å². The van der Waals surface area contributed by atoms with Crippen LogP contribution in [0.25, 0.3) is 0 Å². The Bertz CT molecular complexity index is 672. The summed E-state index contributed by atoms with van der Waals surface area (Å²) in [5, 5.41) is 6.71. The van der Waals surface area contributed by atoms with Gasteiger partial charge < -0.3 is 20.6 Å². The number of alkyl carbamates (subject to hydrolysis) is 1. The number of benzene rings is 1. The van der Waals surface area contributed by atoms with E-state index in [-0.39, 0.29) is 12.3 Å². The molecule has 0 aliphatic heterocycles. The van der Waals surface area contributed by atoms with Crippen molar-refractivity contribution in [3.05, 3.63) is 33.8 Å². The molecule has 0 unspecified atom stereocenters. The van der Waals surface area contributed by atoms with Crippen LogP contribution in [-0.4, -0.2) is 29.5 Å². The lowest BCUT2D eigenvalue weighted by Crippen LogP contribution is -2.42. The van der Waals surface area contributed by atoms with Crippen LogP contribution < -0.4 is 11.1 Å². The number of ether oxygens (including phenoxy) is 1. The van der Waals surface area contributed by atoms with Gasteiger partial charge in [-0.25, -0.2) is 9.59 Å². The zero-order valence-corrected chi connectivity index (χ0v) is 15.9. The van der Waals surface area contributed by atoms with Crippen LogP contribution in [0.1, 0.15) is 33.3 Å². The van der Waals surface area contributed by atoms with Crippen molar-refractivity contribution in [1.82, 2.24) is 5.32 Å². The van der Waals surface area contributed by atoms with Crippen LogP contribution in [0, 0.1) is 0 Å². The van der Waals surface area contributed by atoms with Gasteiger partial charge in [0.2, 0.25) is 0 Å². The Morgan fingerprint density at radius 1 is 1.28 bits per heavy atom. The first-order valence-corrected chi connectivity index (χ1v) is 8.20. The molecule has 0 spiro atoms. The molecular formula is C16H21Cl2N3O4. The molecule has 0 aliphatic rings. The summed E-state index contributed by atoms with van der Waals surface area (Å²) in [6.07, 6.45) is -0.511. The van der Waals surface area contributed by atoms with Crippen molar-refractivity contribution >= 4 is 41.1 Å². The van der Waals surface area contributed by atoms with Crippen LogP contribution in [-0.2, 0) is 20.8 Å². The maximum absolute atomic E-state index is 11.8. The van der Waals surface area contributed by atoms with E-state index in [2.05, 4.69) is 10.5 Å². The monoisotopic (exact) mass is 389 g/mol. The van der Waals surface area contributed by atoms with Gasteiger partial charge >= 0.3 is 12.1 Å². The van der Waals surface area contributed by atoms with Gasteiger partial charge in [-0.3, -0.25) is 0 Å². The van der Waals surface area contributed by atoms with Gasteiger partial charge in [-0.15, -0.1) is 0 Å². The largest absolute Gasteiger partial charge is 0.444 e. The summed E-state index contributed by atoms with van der Waals surface area (Å²) in [4.78, 5) is 28.1. The highest BCUT2D eigenvalue weighted by Gasteiger charge is 2.22. The molecule has 1 atom stereocenters. The zero-order valence-electron chi connectivity index (χ0n) is 14.4. The molecule has 25 heavy (non-hydrogen) atoms. The fraction of sp³-hybridized carbons (Fsp3) is 0.438. The molecule has 0 aliphatic carbocycles. The highest BCUT2D eigenvalue weighted by Crippen LogP contribution is 2.22. The number of nitrogens with one attached hydrogen (secondary N) is 1. The van der Waals surface area contributed by atoms with Gasteiger partial charge in [0, 0.05) is 6.42 Å². The van der Waals surface area contributed by atoms with Crippen LogP contribution in [0.3, 0.4) is 0 Å². The van der Waals surface area contributed by atoms with Crippen LogP contribution in [0.4, 0.5) is 4.79 Å². The molecule has 1 amide bonds. The van der Waals surface area contributed by atoms with E-state index in [9.17, 15) is 9.59 Å². The first-order chi connectivity index (χ1) is 11.5. The number of nitrogens with two attached hydrogens (primary N) is 1. The normalized spacial score (nSPS) is 13.1. The molecule has 0 fully saturated rings. The third kappa shape index (κ3) is 8.09. The molecule has 3 N–H and O–H groups in total. The van der Waals surface area contributed by atoms with Crippen molar-refractivity contribution in [2.45, 2.75) is 45.8 Å². The third-order valence-electron chi connectivity index (χ3n) is 2.71. The number of amidine groups is 1. The number of rotatable bonds is 5. The van der Waals surface area contributed by atoms with Crippen LogP contribution in [0.5, 0.6) is 0 Å². The molecule has 1 aromatic carbocycles. The number of hydrogen-bond acceptors (Lipinski definition) is 5. The number of amides is 1. The smallest absolute Gasteiger partial charge is 0.408 e. The van der Waals surface area contributed by atoms with E-state index in [1.165, 1.54) is 6.92 Å². The van der Waals surface area contributed by atoms with Crippen molar-refractivity contribution in [1.29, 1.82) is 0 Å². The number of carbonyl (C=O) groups is 2. The summed E-state index contributed by atoms with van der Waals surface area (Å²) >= 11 is 11.7. The Balaban J connectivity index is 2.53. The fourth-order valence-corrected chi connectivity index (χ4v) is 1.94. The third-order valence-corrected chi connectivity index (χ3v) is 3.45. The SMILES string of the molecule is C[C@H](NC(=O)OC(C)(C)C)C(=O)O/N=C(\N)Cc1ccc(Cl)c(Cl)c1. The van der Waals surface area contributed by atoms with Gasteiger partial charge in [0.15, 0.2) is 0 Å². The lowest BCUT2D eigenvalue weighted by molar-refractivity contribution is -0.145. The summed E-state index contributed by atoms with van der Waals surface area (Å²) in [5.41, 5.74) is 5.80. The van der Waals surface area contributed by atoms with Gasteiger partial charge in [-0.2, -0.15) is 0 Å². The minimum absolute atomic E-state index is 0.0659. The van der Waals surface area contributed by atoms with E-state index in [4.69, 9.17) is 38.5 Å². The molecule has 7 nitrogen and oxygen atoms in total. The van der Waals surface area contributed by atoms with Crippen LogP contribution >= 0.6 is 23.2 Å². The van der Waals surface area contributed by atoms with Gasteiger partial charge in [-0.05, 0) is 45.4 Å². The lowest BCUT2D eigenvalue weighted by atomic mass is 10.1. The molecule has 0 saturated heterocycles. The van der Waals surface area contributed by atoms with Crippen molar-refractivity contribution in [3.8, 4) is 0 Å². The first kappa shape index (κ1) is 21.1. The molecule has 0 radical (unpaired) electrons. The van der Waals surface area contributed by atoms with Gasteiger partial charge in [-0.1, -0.05) is 34.4 Å². The summed E-state index contributed by atoms with van der Waals surface area (Å²) in [6, 6.07) is 4.05. The number of halogens is 2. The number of carbonyl (C=O) groups excluding carboxylic acids is 2. The van der Waals surface area contributed by atoms with E-state index >= 15 is 0 Å². The summed E-state index contributed by atoms with van der Waals surface area (Å²) in [6.45, 7) is 6.58. The highest BCUT2D eigenvalue weighted by molar-refractivity contribution is 6.42. The second-order valence-corrected chi connectivity index (χ2v) is 7.10. The average molecular weight is 390 g/mol. The van der Waals surface area contributed by atoms with Crippen LogP contribution in [0.2, 0.25) is 10.0 Å². The van der Waals surface area contributed by atoms with Gasteiger partial charge in [0.1, 0.15) is 17.5 Å². The predicted molar refractivity (Wildman–Crippen MR) is 96.7 cm³/mol. The molecule has 1 aromatic rings. The summed E-state index contributed by atoms with van der Waals surface area (Å²) < 4.78 is 5.04. The summed E-state index contributed by atoms with van der Waals surface area (Å²) in [5.74, 6) is -0.709. The van der Waals surface area contributed by atoms with Crippen molar-refractivity contribution < 1.29 is 19.2 Å². The zero-order chi connectivity index (χ0) is 19.2. The quantitative estimate of drug-likeness (QED) is 0.348. The molecule has 138 valence electrons. The van der Waals surface area contributed by atoms with E-state index in [0.717, 1.165) is 5.56 Å². The Kier molecular flexibility index (Phi) is 7.51. The van der Waals surface area contributed by atoms with E-state index < -0.39 is 23.7 Å². The van der Waals surface area contributed by atoms with Crippen molar-refractivity contribution in [2.24, 2.45) is 10.9 Å². The second kappa shape index (κ2) is 8.92. The van der Waals surface area contributed by atoms with Gasteiger partial charge in [0.05, 0.1) is 10.0 Å². The van der Waals surface area contributed by atoms with Crippen molar-refractivity contribution in [3.63, 3.8) is 0 Å². The Labute approximate surface area is 156 Å². The van der Waals surface area contributed by atoms with E-state index in [1.807, 2.05) is 0 Å². The second-order valence-electron chi connectivity index (χ2n) is 6.29. The molecule has 0 aromatic heterocycles. The standard InChI is InChI=1S/C16H21Cl2N3O4/c1-9(20-15(23)24-16(2,3)4)14(22)25-21-13(19)8-10-5-6-11(17)12(18)7-10/h5-7,9H,8H2,1-4H3,(H2,19,21)(H,20,23)/t9-/m0/s1. The minimum Gasteiger partial charge on any atom is -0.444 e. The number of nitrogens with zero attached hydrogens (tertiary/aromatic N) is 1. The summed E-state index contributed by atoms with van der Waals surface area (Å²) in [7, 11) is 0. The first-order valence-electron chi connectivity index (χ1n) is 7.44. The Morgan fingerprint density at radius 3 is 2.48 bits per heavy atom. The van der Waals surface area contributed by atoms with E-state index in [0.29, 0.717) is 10.0 Å². The lowest BCUT2D eigenvalue weighted by Gasteiger charge is -2.20. The van der Waals surface area contributed by atoms with Crippen LogP contribution in [0.15, 0.2) is 23.4 Å². The molecule has 1 rings (SSSR count). The molecule has 0 heterocycles. The van der Waals surface area contributed by atoms with E-state index in [1.54, 1.807) is 39.0 Å². The highest BCUT2D eigenvalue weighted by atomic mass is 35.5. The molecule has 0 saturated carbocycles. The molecule has 0 bridgehead atoms. The fourth-order valence-electron chi connectivity index (χ4n) is 1.62. The Morgan fingerprint density at radius 2 is 1.92 bits per heavy atom.